The lowest BCUT2D eigenvalue weighted by Crippen LogP contribution is -2.27. The molecular weight excluding hydrogens is 486 g/mol. The molecule has 38 heavy (non-hydrogen) atoms. The van der Waals surface area contributed by atoms with Gasteiger partial charge in [0.1, 0.15) is 18.4 Å². The van der Waals surface area contributed by atoms with Crippen LogP contribution < -0.4 is 15.4 Å². The Labute approximate surface area is 220 Å². The molecule has 3 aliphatic rings. The van der Waals surface area contributed by atoms with Crippen LogP contribution in [0.2, 0.25) is 0 Å². The van der Waals surface area contributed by atoms with Gasteiger partial charge in [-0.3, -0.25) is 24.9 Å². The summed E-state index contributed by atoms with van der Waals surface area (Å²) in [6, 6.07) is 10.8. The van der Waals surface area contributed by atoms with Crippen LogP contribution in [0.3, 0.4) is 0 Å². The lowest BCUT2D eigenvalue weighted by atomic mass is 10.0. The van der Waals surface area contributed by atoms with E-state index in [0.29, 0.717) is 19.6 Å². The van der Waals surface area contributed by atoms with Crippen LogP contribution in [0.1, 0.15) is 40.4 Å². The van der Waals surface area contributed by atoms with Gasteiger partial charge in [-0.25, -0.2) is 4.79 Å². The zero-order valence-electron chi connectivity index (χ0n) is 21.4. The highest BCUT2D eigenvalue weighted by Crippen LogP contribution is 2.27. The van der Waals surface area contributed by atoms with Crippen LogP contribution in [-0.2, 0) is 22.7 Å². The van der Waals surface area contributed by atoms with Crippen molar-refractivity contribution in [3.05, 3.63) is 83.5 Å². The number of fused-ring (bicyclic) bond motifs is 2. The normalized spacial score (nSPS) is 16.6. The number of methoxy groups -OCH3 is 1. The minimum atomic E-state index is -0.383. The number of urea groups is 1. The lowest BCUT2D eigenvalue weighted by molar-refractivity contribution is -0.120. The summed E-state index contributed by atoms with van der Waals surface area (Å²) >= 11 is 0. The van der Waals surface area contributed by atoms with E-state index in [1.165, 1.54) is 5.56 Å². The smallest absolute Gasteiger partial charge is 0.322 e. The van der Waals surface area contributed by atoms with E-state index in [0.717, 1.165) is 33.7 Å². The van der Waals surface area contributed by atoms with Crippen LogP contribution in [0.25, 0.3) is 17.3 Å². The summed E-state index contributed by atoms with van der Waals surface area (Å²) in [7, 11) is 3.40. The van der Waals surface area contributed by atoms with Crippen molar-refractivity contribution in [3.8, 4) is 17.0 Å². The highest BCUT2D eigenvalue weighted by molar-refractivity contribution is 6.04. The van der Waals surface area contributed by atoms with Crippen molar-refractivity contribution in [2.24, 2.45) is 0 Å². The summed E-state index contributed by atoms with van der Waals surface area (Å²) in [4.78, 5) is 42.7. The Morgan fingerprint density at radius 2 is 1.87 bits per heavy atom. The average Bonchev–Trinajstić information content (AvgIpc) is 3.44. The molecule has 1 aromatic carbocycles. The van der Waals surface area contributed by atoms with E-state index in [4.69, 9.17) is 9.47 Å². The molecule has 5 heterocycles. The third-order valence-corrected chi connectivity index (χ3v) is 6.17. The van der Waals surface area contributed by atoms with Crippen molar-refractivity contribution >= 4 is 23.9 Å². The molecule has 0 radical (unpaired) electrons. The van der Waals surface area contributed by atoms with Gasteiger partial charge in [-0.05, 0) is 48.4 Å². The zero-order valence-corrected chi connectivity index (χ0v) is 21.4. The maximum absolute atomic E-state index is 11.5. The minimum Gasteiger partial charge on any atom is -0.497 e. The molecule has 10 nitrogen and oxygen atoms in total. The summed E-state index contributed by atoms with van der Waals surface area (Å²) in [6.07, 6.45) is 9.70. The highest BCUT2D eigenvalue weighted by atomic mass is 16.5. The fourth-order valence-electron chi connectivity index (χ4n) is 4.12. The Kier molecular flexibility index (Phi) is 8.32. The number of carbonyl (C=O) groups excluding carboxylic acids is 3. The second kappa shape index (κ2) is 12.0. The van der Waals surface area contributed by atoms with E-state index in [1.807, 2.05) is 49.5 Å². The van der Waals surface area contributed by atoms with Gasteiger partial charge >= 0.3 is 6.03 Å². The number of hydrogen-bond acceptors (Lipinski definition) is 7. The van der Waals surface area contributed by atoms with Crippen LogP contribution in [0, 0.1) is 0 Å². The quantitative estimate of drug-likeness (QED) is 0.512. The first-order valence-electron chi connectivity index (χ1n) is 12.1. The number of rotatable bonds is 3. The molecule has 3 aliphatic heterocycles. The van der Waals surface area contributed by atoms with E-state index in [9.17, 15) is 14.4 Å². The molecule has 3 aromatic rings. The number of aromatic nitrogens is 2. The minimum absolute atomic E-state index is 0.0777. The lowest BCUT2D eigenvalue weighted by Gasteiger charge is -2.14. The van der Waals surface area contributed by atoms with Gasteiger partial charge < -0.3 is 19.7 Å². The van der Waals surface area contributed by atoms with Gasteiger partial charge in [0, 0.05) is 54.4 Å². The van der Waals surface area contributed by atoms with Crippen molar-refractivity contribution < 1.29 is 23.9 Å². The van der Waals surface area contributed by atoms with Crippen LogP contribution in [0.4, 0.5) is 4.79 Å². The summed E-state index contributed by atoms with van der Waals surface area (Å²) in [6.45, 7) is 3.17. The third kappa shape index (κ3) is 5.97. The van der Waals surface area contributed by atoms with Crippen molar-refractivity contribution in [2.75, 3.05) is 14.2 Å². The first-order valence-corrected chi connectivity index (χ1v) is 12.1. The number of amides is 4. The summed E-state index contributed by atoms with van der Waals surface area (Å²) < 4.78 is 10.3. The SMILES string of the molecule is C1=Cc2c(ccnc2-c2ccncc2)CO1.CCC1NC(=O)NC1=O.COc1ccc2c(c1)C(=O)N(C)C2. The fraction of sp³-hybridized carbons (Fsp3) is 0.250. The zero-order chi connectivity index (χ0) is 27.1. The van der Waals surface area contributed by atoms with Crippen LogP contribution in [0.5, 0.6) is 5.75 Å². The number of nitrogens with one attached hydrogen (secondary N) is 2. The molecule has 2 aromatic heterocycles. The van der Waals surface area contributed by atoms with Crippen molar-refractivity contribution in [3.63, 3.8) is 0 Å². The Morgan fingerprint density at radius 1 is 1.08 bits per heavy atom. The Morgan fingerprint density at radius 3 is 2.53 bits per heavy atom. The Hall–Kier alpha value is -4.73. The van der Waals surface area contributed by atoms with Crippen molar-refractivity contribution in [2.45, 2.75) is 32.5 Å². The molecule has 0 spiro atoms. The van der Waals surface area contributed by atoms with Crippen LogP contribution in [-0.4, -0.2) is 52.9 Å². The van der Waals surface area contributed by atoms with Crippen LogP contribution in [0.15, 0.2) is 61.3 Å². The molecule has 1 fully saturated rings. The molecule has 1 atom stereocenters. The predicted molar refractivity (Wildman–Crippen MR) is 141 cm³/mol. The van der Waals surface area contributed by atoms with E-state index < -0.39 is 0 Å². The number of carbonyl (C=O) groups is 3. The molecule has 196 valence electrons. The Balaban J connectivity index is 0.000000138. The molecule has 1 saturated heterocycles. The third-order valence-electron chi connectivity index (χ3n) is 6.17. The average molecular weight is 516 g/mol. The molecule has 4 amide bonds. The molecule has 10 heteroatoms. The molecule has 0 aliphatic carbocycles. The van der Waals surface area contributed by atoms with Gasteiger partial charge in [-0.2, -0.15) is 0 Å². The van der Waals surface area contributed by atoms with E-state index in [-0.39, 0.29) is 23.9 Å². The molecule has 6 rings (SSSR count). The van der Waals surface area contributed by atoms with Crippen molar-refractivity contribution in [1.82, 2.24) is 25.5 Å². The summed E-state index contributed by atoms with van der Waals surface area (Å²) in [5.74, 6) is 0.596. The number of ether oxygens (including phenoxy) is 2. The monoisotopic (exact) mass is 515 g/mol. The van der Waals surface area contributed by atoms with Gasteiger partial charge in [0.25, 0.3) is 11.8 Å². The van der Waals surface area contributed by atoms with Gasteiger partial charge in [0.05, 0.1) is 19.1 Å². The van der Waals surface area contributed by atoms with Gasteiger partial charge in [0.15, 0.2) is 0 Å². The molecule has 2 N–H and O–H groups in total. The number of hydrogen-bond donors (Lipinski definition) is 2. The first-order chi connectivity index (χ1) is 18.4. The Bertz CT molecular complexity index is 1360. The van der Waals surface area contributed by atoms with Crippen molar-refractivity contribution in [1.29, 1.82) is 0 Å². The first kappa shape index (κ1) is 26.3. The van der Waals surface area contributed by atoms with Crippen LogP contribution >= 0.6 is 0 Å². The van der Waals surface area contributed by atoms with E-state index in [2.05, 4.69) is 20.6 Å². The summed E-state index contributed by atoms with van der Waals surface area (Å²) in [5, 5.41) is 4.58. The number of pyridine rings is 2. The molecule has 0 saturated carbocycles. The predicted octanol–water partition coefficient (Wildman–Crippen LogP) is 3.53. The second-order valence-electron chi connectivity index (χ2n) is 8.69. The standard InChI is InChI=1S/C13H10N2O.C10H11NO2.C5H8N2O2/c1-5-14-6-2-10(1)13-12-4-8-16-9-11(12)3-7-15-13;1-11-6-7-3-4-8(13-2)5-9(7)10(11)12;1-2-3-4(8)7-5(9)6-3/h1-8H,9H2;3-5H,6H2,1-2H3;3H,2H2,1H3,(H2,6,7,8,9). The number of imide groups is 1. The van der Waals surface area contributed by atoms with Gasteiger partial charge in [-0.1, -0.05) is 13.0 Å². The number of benzene rings is 1. The maximum atomic E-state index is 11.5. The molecule has 1 unspecified atom stereocenters. The topological polar surface area (TPSA) is 123 Å². The highest BCUT2D eigenvalue weighted by Gasteiger charge is 2.27. The number of nitrogens with zero attached hydrogens (tertiary/aromatic N) is 3. The van der Waals surface area contributed by atoms with E-state index >= 15 is 0 Å². The maximum Gasteiger partial charge on any atom is 0.322 e. The molecule has 0 bridgehead atoms. The van der Waals surface area contributed by atoms with E-state index in [1.54, 1.807) is 43.8 Å². The molecular formula is C28H29N5O5. The summed E-state index contributed by atoms with van der Waals surface area (Å²) in [5.41, 5.74) is 6.22. The second-order valence-corrected chi connectivity index (χ2v) is 8.69. The fourth-order valence-corrected chi connectivity index (χ4v) is 4.12. The van der Waals surface area contributed by atoms with Gasteiger partial charge in [0.2, 0.25) is 0 Å². The van der Waals surface area contributed by atoms with Gasteiger partial charge in [-0.15, -0.1) is 0 Å². The largest absolute Gasteiger partial charge is 0.497 e.